The highest BCUT2D eigenvalue weighted by molar-refractivity contribution is 6.42. The Morgan fingerprint density at radius 2 is 1.84 bits per heavy atom. The van der Waals surface area contributed by atoms with Crippen molar-refractivity contribution in [2.45, 2.75) is 27.3 Å². The lowest BCUT2D eigenvalue weighted by molar-refractivity contribution is 0.0695. The van der Waals surface area contributed by atoms with Crippen LogP contribution in [0.1, 0.15) is 28.7 Å². The van der Waals surface area contributed by atoms with Gasteiger partial charge in [-0.3, -0.25) is 4.79 Å². The number of halogens is 3. The number of carboxylic acid groups (broad SMARTS) is 1. The van der Waals surface area contributed by atoms with Crippen molar-refractivity contribution in [3.8, 4) is 16.9 Å². The second kappa shape index (κ2) is 8.07. The van der Waals surface area contributed by atoms with Crippen molar-refractivity contribution in [3.05, 3.63) is 79.4 Å². The van der Waals surface area contributed by atoms with E-state index in [0.29, 0.717) is 39.4 Å². The van der Waals surface area contributed by atoms with Gasteiger partial charge in [0.1, 0.15) is 17.1 Å². The van der Waals surface area contributed by atoms with Gasteiger partial charge in [-0.05, 0) is 45.0 Å². The fraction of sp³-hybridized carbons (Fsp3) is 0.174. The summed E-state index contributed by atoms with van der Waals surface area (Å²) in [5, 5.41) is 15.7. The number of nitrogens with zero attached hydrogens (tertiary/aromatic N) is 3. The summed E-state index contributed by atoms with van der Waals surface area (Å²) in [6.45, 7) is 5.64. The highest BCUT2D eigenvalue weighted by Crippen LogP contribution is 2.32. The number of aryl methyl sites for hydroxylation is 1. The molecule has 0 aliphatic carbocycles. The van der Waals surface area contributed by atoms with Gasteiger partial charge >= 0.3 is 5.97 Å². The van der Waals surface area contributed by atoms with E-state index >= 15 is 0 Å². The average Bonchev–Trinajstić information content (AvgIpc) is 3.04. The number of hydrogen-bond acceptors (Lipinski definition) is 3. The molecule has 164 valence electrons. The average molecular weight is 474 g/mol. The lowest BCUT2D eigenvalue weighted by Crippen LogP contribution is -2.28. The van der Waals surface area contributed by atoms with Crippen molar-refractivity contribution in [2.75, 3.05) is 0 Å². The fourth-order valence-corrected chi connectivity index (χ4v) is 4.32. The zero-order valence-corrected chi connectivity index (χ0v) is 18.9. The number of carbonyl (C=O) groups is 1. The number of pyridine rings is 1. The summed E-state index contributed by atoms with van der Waals surface area (Å²) in [6, 6.07) is 8.86. The first-order valence-electron chi connectivity index (χ1n) is 9.77. The van der Waals surface area contributed by atoms with E-state index in [4.69, 9.17) is 23.2 Å². The molecule has 0 saturated carbocycles. The smallest absolute Gasteiger partial charge is 0.341 e. The molecule has 0 unspecified atom stereocenters. The molecule has 2 aromatic heterocycles. The molecule has 9 heteroatoms. The third-order valence-electron chi connectivity index (χ3n) is 5.46. The predicted molar refractivity (Wildman–Crippen MR) is 123 cm³/mol. The Labute approximate surface area is 192 Å². The zero-order valence-electron chi connectivity index (χ0n) is 17.4. The predicted octanol–water partition coefficient (Wildman–Crippen LogP) is 5.64. The number of carboxylic acids is 1. The van der Waals surface area contributed by atoms with Gasteiger partial charge in [0.2, 0.25) is 5.43 Å². The number of benzene rings is 2. The van der Waals surface area contributed by atoms with Crippen molar-refractivity contribution in [2.24, 2.45) is 0 Å². The molecule has 4 rings (SSSR count). The van der Waals surface area contributed by atoms with Crippen LogP contribution < -0.4 is 5.43 Å². The molecule has 0 atom stereocenters. The van der Waals surface area contributed by atoms with Gasteiger partial charge in [-0.15, -0.1) is 0 Å². The molecule has 0 aliphatic rings. The first-order chi connectivity index (χ1) is 15.1. The Balaban J connectivity index is 2.16. The van der Waals surface area contributed by atoms with E-state index in [1.807, 2.05) is 6.92 Å². The van der Waals surface area contributed by atoms with Crippen LogP contribution in [0.5, 0.6) is 0 Å². The Kier molecular flexibility index (Phi) is 5.56. The third kappa shape index (κ3) is 3.38. The molecular weight excluding hydrogens is 456 g/mol. The highest BCUT2D eigenvalue weighted by atomic mass is 35.5. The molecule has 6 nitrogen and oxygen atoms in total. The molecule has 0 radical (unpaired) electrons. The maximum Gasteiger partial charge on any atom is 0.341 e. The Bertz CT molecular complexity index is 1470. The van der Waals surface area contributed by atoms with Crippen LogP contribution in [0, 0.1) is 19.7 Å². The highest BCUT2D eigenvalue weighted by Gasteiger charge is 2.27. The maximum absolute atomic E-state index is 14.0. The summed E-state index contributed by atoms with van der Waals surface area (Å²) in [7, 11) is 0. The Morgan fingerprint density at radius 1 is 1.12 bits per heavy atom. The van der Waals surface area contributed by atoms with E-state index in [-0.39, 0.29) is 16.4 Å². The Morgan fingerprint density at radius 3 is 2.47 bits per heavy atom. The van der Waals surface area contributed by atoms with Crippen LogP contribution in [0.2, 0.25) is 10.0 Å². The molecular formula is C23H18Cl2FN3O3. The van der Waals surface area contributed by atoms with Gasteiger partial charge < -0.3 is 9.67 Å². The maximum atomic E-state index is 14.0. The summed E-state index contributed by atoms with van der Waals surface area (Å²) < 4.78 is 17.0. The number of aromatic carboxylic acids is 1. The number of rotatable bonds is 4. The van der Waals surface area contributed by atoms with Gasteiger partial charge in [-0.2, -0.15) is 5.10 Å². The second-order valence-electron chi connectivity index (χ2n) is 7.32. The van der Waals surface area contributed by atoms with E-state index in [1.54, 1.807) is 36.6 Å². The Hall–Kier alpha value is -3.16. The van der Waals surface area contributed by atoms with Crippen molar-refractivity contribution in [1.82, 2.24) is 14.3 Å². The van der Waals surface area contributed by atoms with Crippen LogP contribution in [0.4, 0.5) is 4.39 Å². The van der Waals surface area contributed by atoms with Gasteiger partial charge in [0.15, 0.2) is 0 Å². The number of aromatic nitrogens is 3. The van der Waals surface area contributed by atoms with Crippen molar-refractivity contribution in [1.29, 1.82) is 0 Å². The lowest BCUT2D eigenvalue weighted by atomic mass is 10.0. The molecule has 2 heterocycles. The van der Waals surface area contributed by atoms with Crippen molar-refractivity contribution in [3.63, 3.8) is 0 Å². The van der Waals surface area contributed by atoms with Gasteiger partial charge in [0.05, 0.1) is 26.9 Å². The van der Waals surface area contributed by atoms with E-state index in [2.05, 4.69) is 5.10 Å². The second-order valence-corrected chi connectivity index (χ2v) is 8.14. The van der Waals surface area contributed by atoms with Crippen LogP contribution in [0.3, 0.4) is 0 Å². The molecule has 4 aromatic rings. The van der Waals surface area contributed by atoms with E-state index in [9.17, 15) is 19.1 Å². The lowest BCUT2D eigenvalue weighted by Gasteiger charge is -2.21. The topological polar surface area (TPSA) is 77.1 Å². The first kappa shape index (κ1) is 22.0. The molecule has 0 aliphatic heterocycles. The SMILES string of the molecule is CCn1c(C)c(-n2nc(C)c3ccc(F)cc32)c(=O)c(C(=O)O)c1-c1ccc(Cl)c(Cl)c1. The minimum Gasteiger partial charge on any atom is -0.477 e. The van der Waals surface area contributed by atoms with Crippen LogP contribution in [-0.2, 0) is 6.54 Å². The van der Waals surface area contributed by atoms with Crippen LogP contribution in [-0.4, -0.2) is 25.4 Å². The molecule has 0 fully saturated rings. The molecule has 2 aromatic carbocycles. The van der Waals surface area contributed by atoms with Gasteiger partial charge in [0, 0.05) is 29.3 Å². The molecule has 32 heavy (non-hydrogen) atoms. The van der Waals surface area contributed by atoms with Gasteiger partial charge in [-0.25, -0.2) is 13.9 Å². The zero-order chi connectivity index (χ0) is 23.3. The van der Waals surface area contributed by atoms with Crippen molar-refractivity contribution < 1.29 is 14.3 Å². The number of fused-ring (bicyclic) bond motifs is 1. The molecule has 0 bridgehead atoms. The molecule has 0 amide bonds. The van der Waals surface area contributed by atoms with E-state index in [0.717, 1.165) is 0 Å². The minimum atomic E-state index is -1.39. The quantitative estimate of drug-likeness (QED) is 0.416. The standard InChI is InChI=1S/C23H18Cl2FN3O3/c1-4-28-12(3)20(29-18-10-14(26)6-7-15(18)11(2)27-29)22(30)19(23(31)32)21(28)13-5-8-16(24)17(25)9-13/h5-10H,4H2,1-3H3,(H,31,32). The first-order valence-corrected chi connectivity index (χ1v) is 10.5. The van der Waals surface area contributed by atoms with Crippen molar-refractivity contribution >= 4 is 40.1 Å². The largest absolute Gasteiger partial charge is 0.477 e. The number of hydrogen-bond donors (Lipinski definition) is 1. The van der Waals surface area contributed by atoms with E-state index < -0.39 is 22.8 Å². The summed E-state index contributed by atoms with van der Waals surface area (Å²) in [6.07, 6.45) is 0. The molecule has 0 spiro atoms. The van der Waals surface area contributed by atoms with Crippen LogP contribution >= 0.6 is 23.2 Å². The third-order valence-corrected chi connectivity index (χ3v) is 6.20. The van der Waals surface area contributed by atoms with Crippen LogP contribution in [0.15, 0.2) is 41.2 Å². The van der Waals surface area contributed by atoms with Gasteiger partial charge in [-0.1, -0.05) is 29.3 Å². The van der Waals surface area contributed by atoms with Gasteiger partial charge in [0.25, 0.3) is 0 Å². The summed E-state index contributed by atoms with van der Waals surface area (Å²) in [4.78, 5) is 25.9. The van der Waals surface area contributed by atoms with E-state index in [1.165, 1.54) is 22.9 Å². The summed E-state index contributed by atoms with van der Waals surface area (Å²) in [5.74, 6) is -1.88. The summed E-state index contributed by atoms with van der Waals surface area (Å²) >= 11 is 12.2. The molecule has 1 N–H and O–H groups in total. The molecule has 0 saturated heterocycles. The summed E-state index contributed by atoms with van der Waals surface area (Å²) in [5.41, 5.74) is 1.00. The monoisotopic (exact) mass is 473 g/mol. The minimum absolute atomic E-state index is 0.0526. The van der Waals surface area contributed by atoms with Crippen LogP contribution in [0.25, 0.3) is 27.8 Å². The normalized spacial score (nSPS) is 11.3. The fourth-order valence-electron chi connectivity index (χ4n) is 4.02.